The summed E-state index contributed by atoms with van der Waals surface area (Å²) in [5.74, 6) is -1.03. The molecule has 2 rings (SSSR count). The second-order valence-electron chi connectivity index (χ2n) is 4.82. The zero-order chi connectivity index (χ0) is 14.7. The highest BCUT2D eigenvalue weighted by atomic mass is 16.4. The van der Waals surface area contributed by atoms with Gasteiger partial charge in [-0.1, -0.05) is 0 Å². The number of H-pyrrole nitrogens is 1. The van der Waals surface area contributed by atoms with Gasteiger partial charge in [0.15, 0.2) is 0 Å². The number of carboxylic acids is 1. The fraction of sp³-hybridized carbons (Fsp3) is 0.333. The van der Waals surface area contributed by atoms with Gasteiger partial charge in [0.25, 0.3) is 5.91 Å². The van der Waals surface area contributed by atoms with E-state index in [-0.39, 0.29) is 18.4 Å². The quantitative estimate of drug-likeness (QED) is 0.879. The van der Waals surface area contributed by atoms with Gasteiger partial charge in [-0.15, -0.1) is 0 Å². The number of hydrogen-bond acceptors (Lipinski definition) is 2. The van der Waals surface area contributed by atoms with Gasteiger partial charge in [0.2, 0.25) is 0 Å². The molecule has 20 heavy (non-hydrogen) atoms. The van der Waals surface area contributed by atoms with Gasteiger partial charge in [-0.3, -0.25) is 9.59 Å². The Bertz CT molecular complexity index is 633. The fourth-order valence-electron chi connectivity index (χ4n) is 2.37. The Labute approximate surface area is 117 Å². The molecule has 0 saturated heterocycles. The number of nitrogens with one attached hydrogen (secondary N) is 1. The van der Waals surface area contributed by atoms with Crippen molar-refractivity contribution in [2.24, 2.45) is 0 Å². The normalized spacial score (nSPS) is 12.3. The van der Waals surface area contributed by atoms with Crippen LogP contribution in [0.1, 0.15) is 30.6 Å². The molecule has 1 unspecified atom stereocenters. The Hall–Kier alpha value is -2.30. The first kappa shape index (κ1) is 14.1. The molecule has 0 aliphatic rings. The summed E-state index contributed by atoms with van der Waals surface area (Å²) in [6.45, 7) is 4.09. The predicted molar refractivity (Wildman–Crippen MR) is 76.7 cm³/mol. The molecule has 1 aromatic carbocycles. The summed E-state index contributed by atoms with van der Waals surface area (Å²) >= 11 is 0. The molecule has 0 aliphatic carbocycles. The van der Waals surface area contributed by atoms with Crippen LogP contribution in [0.4, 0.5) is 0 Å². The van der Waals surface area contributed by atoms with E-state index in [9.17, 15) is 9.59 Å². The maximum absolute atomic E-state index is 12.5. The van der Waals surface area contributed by atoms with Crippen molar-refractivity contribution in [3.05, 3.63) is 36.0 Å². The highest BCUT2D eigenvalue weighted by Gasteiger charge is 2.22. The van der Waals surface area contributed by atoms with E-state index < -0.39 is 5.97 Å². The molecule has 106 valence electrons. The zero-order valence-electron chi connectivity index (χ0n) is 11.6. The summed E-state index contributed by atoms with van der Waals surface area (Å²) in [4.78, 5) is 27.9. The Morgan fingerprint density at radius 1 is 1.35 bits per heavy atom. The molecular weight excluding hydrogens is 256 g/mol. The van der Waals surface area contributed by atoms with Crippen molar-refractivity contribution in [2.75, 3.05) is 6.54 Å². The fourth-order valence-corrected chi connectivity index (χ4v) is 2.37. The number of benzene rings is 1. The Balaban J connectivity index is 2.24. The third-order valence-corrected chi connectivity index (χ3v) is 3.40. The van der Waals surface area contributed by atoms with Crippen LogP contribution in [-0.4, -0.2) is 39.5 Å². The van der Waals surface area contributed by atoms with E-state index in [1.54, 1.807) is 17.9 Å². The lowest BCUT2D eigenvalue weighted by Crippen LogP contribution is -2.39. The van der Waals surface area contributed by atoms with E-state index in [2.05, 4.69) is 4.98 Å². The maximum Gasteiger partial charge on any atom is 0.305 e. The minimum atomic E-state index is -0.898. The summed E-state index contributed by atoms with van der Waals surface area (Å²) in [5, 5.41) is 9.82. The number of carbonyl (C=O) groups is 2. The third kappa shape index (κ3) is 2.82. The second kappa shape index (κ2) is 5.77. The smallest absolute Gasteiger partial charge is 0.305 e. The largest absolute Gasteiger partial charge is 0.481 e. The lowest BCUT2D eigenvalue weighted by atomic mass is 10.1. The first-order valence-corrected chi connectivity index (χ1v) is 6.62. The van der Waals surface area contributed by atoms with Crippen LogP contribution in [0.2, 0.25) is 0 Å². The number of nitrogens with zero attached hydrogens (tertiary/aromatic N) is 1. The third-order valence-electron chi connectivity index (χ3n) is 3.40. The number of fused-ring (bicyclic) bond motifs is 1. The van der Waals surface area contributed by atoms with Gasteiger partial charge < -0.3 is 15.0 Å². The Morgan fingerprint density at radius 2 is 2.10 bits per heavy atom. The predicted octanol–water partition coefficient (Wildman–Crippen LogP) is 2.49. The van der Waals surface area contributed by atoms with Crippen LogP contribution >= 0.6 is 0 Å². The second-order valence-corrected chi connectivity index (χ2v) is 4.82. The average molecular weight is 274 g/mol. The number of carbonyl (C=O) groups excluding carboxylic acids is 1. The van der Waals surface area contributed by atoms with Crippen LogP contribution in [0.25, 0.3) is 10.9 Å². The van der Waals surface area contributed by atoms with Gasteiger partial charge in [0.05, 0.1) is 6.42 Å². The van der Waals surface area contributed by atoms with E-state index in [4.69, 9.17) is 5.11 Å². The highest BCUT2D eigenvalue weighted by Crippen LogP contribution is 2.17. The number of amides is 1. The van der Waals surface area contributed by atoms with Gasteiger partial charge in [-0.25, -0.2) is 0 Å². The van der Waals surface area contributed by atoms with Crippen LogP contribution in [0.3, 0.4) is 0 Å². The van der Waals surface area contributed by atoms with Crippen LogP contribution < -0.4 is 0 Å². The summed E-state index contributed by atoms with van der Waals surface area (Å²) in [6.07, 6.45) is 1.77. The van der Waals surface area contributed by atoms with Crippen molar-refractivity contribution in [3.63, 3.8) is 0 Å². The summed E-state index contributed by atoms with van der Waals surface area (Å²) in [6, 6.07) is 7.02. The number of carboxylic acid groups (broad SMARTS) is 1. The van der Waals surface area contributed by atoms with Crippen molar-refractivity contribution in [1.29, 1.82) is 0 Å². The van der Waals surface area contributed by atoms with Crippen molar-refractivity contribution in [2.45, 2.75) is 26.3 Å². The van der Waals surface area contributed by atoms with Gasteiger partial charge >= 0.3 is 5.97 Å². The maximum atomic E-state index is 12.5. The van der Waals surface area contributed by atoms with E-state index in [1.807, 2.05) is 31.3 Å². The molecular formula is C15H18N2O3. The van der Waals surface area contributed by atoms with E-state index in [0.717, 1.165) is 10.9 Å². The number of aromatic amines is 1. The van der Waals surface area contributed by atoms with Gasteiger partial charge in [0.1, 0.15) is 0 Å². The molecule has 0 radical (unpaired) electrons. The van der Waals surface area contributed by atoms with Crippen molar-refractivity contribution >= 4 is 22.8 Å². The molecule has 0 saturated carbocycles. The zero-order valence-corrected chi connectivity index (χ0v) is 11.6. The molecule has 5 nitrogen and oxygen atoms in total. The molecule has 2 aromatic rings. The van der Waals surface area contributed by atoms with E-state index >= 15 is 0 Å². The van der Waals surface area contributed by atoms with Gasteiger partial charge in [0, 0.05) is 35.2 Å². The lowest BCUT2D eigenvalue weighted by Gasteiger charge is -2.27. The molecule has 1 aromatic heterocycles. The van der Waals surface area contributed by atoms with Crippen LogP contribution in [0.5, 0.6) is 0 Å². The summed E-state index contributed by atoms with van der Waals surface area (Å²) in [7, 11) is 0. The highest BCUT2D eigenvalue weighted by molar-refractivity contribution is 5.98. The van der Waals surface area contributed by atoms with Crippen molar-refractivity contribution in [3.8, 4) is 0 Å². The molecule has 1 atom stereocenters. The average Bonchev–Trinajstić information content (AvgIpc) is 2.85. The molecule has 0 spiro atoms. The van der Waals surface area contributed by atoms with Crippen molar-refractivity contribution in [1.82, 2.24) is 9.88 Å². The van der Waals surface area contributed by atoms with Gasteiger partial charge in [-0.2, -0.15) is 0 Å². The van der Waals surface area contributed by atoms with Crippen LogP contribution in [0.15, 0.2) is 30.5 Å². The molecule has 0 bridgehead atoms. The molecule has 0 fully saturated rings. The first-order valence-electron chi connectivity index (χ1n) is 6.62. The molecule has 1 heterocycles. The lowest BCUT2D eigenvalue weighted by molar-refractivity contribution is -0.138. The summed E-state index contributed by atoms with van der Waals surface area (Å²) < 4.78 is 0. The SMILES string of the molecule is CCN(C(=O)c1ccc2[nH]ccc2c1)C(C)CC(=O)O. The standard InChI is InChI=1S/C15H18N2O3/c1-3-17(10(2)8-14(18)19)15(20)12-4-5-13-11(9-12)6-7-16-13/h4-7,9-10,16H,3,8H2,1-2H3,(H,18,19). The van der Waals surface area contributed by atoms with E-state index in [0.29, 0.717) is 12.1 Å². The van der Waals surface area contributed by atoms with Crippen LogP contribution in [-0.2, 0) is 4.79 Å². The number of hydrogen-bond donors (Lipinski definition) is 2. The molecule has 1 amide bonds. The summed E-state index contributed by atoms with van der Waals surface area (Å²) in [5.41, 5.74) is 1.55. The Morgan fingerprint density at radius 3 is 2.75 bits per heavy atom. The van der Waals surface area contributed by atoms with Crippen LogP contribution in [0, 0.1) is 0 Å². The minimum absolute atomic E-state index is 0.0496. The molecule has 0 aliphatic heterocycles. The van der Waals surface area contributed by atoms with Crippen molar-refractivity contribution < 1.29 is 14.7 Å². The monoisotopic (exact) mass is 274 g/mol. The number of aliphatic carboxylic acids is 1. The topological polar surface area (TPSA) is 73.4 Å². The van der Waals surface area contributed by atoms with Gasteiger partial charge in [-0.05, 0) is 38.1 Å². The van der Waals surface area contributed by atoms with E-state index in [1.165, 1.54) is 0 Å². The first-order chi connectivity index (χ1) is 9.52. The Kier molecular flexibility index (Phi) is 4.08. The molecule has 5 heteroatoms. The number of rotatable bonds is 5. The molecule has 2 N–H and O–H groups in total. The minimum Gasteiger partial charge on any atom is -0.481 e. The number of aromatic nitrogens is 1.